The van der Waals surface area contributed by atoms with Crippen LogP contribution in [-0.2, 0) is 10.8 Å². The van der Waals surface area contributed by atoms with E-state index < -0.39 is 16.5 Å². The van der Waals surface area contributed by atoms with Crippen molar-refractivity contribution in [1.82, 2.24) is 24.8 Å². The fraction of sp³-hybridized carbons (Fsp3) is 0. The Morgan fingerprint density at radius 2 is 1.86 bits per heavy atom. The fourth-order valence-electron chi connectivity index (χ4n) is 1.74. The zero-order valence-corrected chi connectivity index (χ0v) is 12.1. The van der Waals surface area contributed by atoms with Crippen LogP contribution in [0.3, 0.4) is 0 Å². The van der Waals surface area contributed by atoms with E-state index in [9.17, 15) is 9.00 Å². The van der Waals surface area contributed by atoms with Gasteiger partial charge in [0.25, 0.3) is 0 Å². The molecule has 3 rings (SSSR count). The van der Waals surface area contributed by atoms with Gasteiger partial charge in [-0.1, -0.05) is 18.2 Å². The third kappa shape index (κ3) is 2.91. The maximum Gasteiger partial charge on any atom is 0.372 e. The Labute approximate surface area is 128 Å². The molecule has 1 atom stereocenters. The summed E-state index contributed by atoms with van der Waals surface area (Å²) in [6, 6.07) is 12.3. The summed E-state index contributed by atoms with van der Waals surface area (Å²) in [5.41, 5.74) is 0.0469. The van der Waals surface area contributed by atoms with Crippen molar-refractivity contribution in [2.75, 3.05) is 0 Å². The molecule has 2 aromatic heterocycles. The van der Waals surface area contributed by atoms with Crippen molar-refractivity contribution >= 4 is 17.0 Å². The van der Waals surface area contributed by atoms with Gasteiger partial charge in [0, 0.05) is 22.7 Å². The second kappa shape index (κ2) is 6.27. The van der Waals surface area contributed by atoms with Crippen LogP contribution >= 0.6 is 0 Å². The van der Waals surface area contributed by atoms with Gasteiger partial charge in [-0.2, -0.15) is 9.36 Å². The first-order valence-corrected chi connectivity index (χ1v) is 7.56. The summed E-state index contributed by atoms with van der Waals surface area (Å²) >= 11 is 0. The first kappa shape index (κ1) is 14.1. The minimum absolute atomic E-state index is 0.464. The number of nitrogens with zero attached hydrogens (tertiary/aromatic N) is 5. The average Bonchev–Trinajstić information content (AvgIpc) is 2.95. The summed E-state index contributed by atoms with van der Waals surface area (Å²) in [7, 11) is -1.36. The third-order valence-corrected chi connectivity index (χ3v) is 3.90. The fourth-order valence-corrected chi connectivity index (χ4v) is 2.55. The zero-order valence-electron chi connectivity index (χ0n) is 11.3. The lowest BCUT2D eigenvalue weighted by Gasteiger charge is -1.95. The first-order valence-electron chi connectivity index (χ1n) is 6.34. The van der Waals surface area contributed by atoms with Gasteiger partial charge in [-0.15, -0.1) is 0 Å². The van der Waals surface area contributed by atoms with E-state index in [1.165, 1.54) is 17.8 Å². The molecule has 0 N–H and O–H groups in total. The highest BCUT2D eigenvalue weighted by Crippen LogP contribution is 2.06. The Hall–Kier alpha value is -2.87. The number of hydrogen-bond acceptors (Lipinski definition) is 5. The highest BCUT2D eigenvalue weighted by atomic mass is 32.2. The quantitative estimate of drug-likeness (QED) is 0.719. The Morgan fingerprint density at radius 1 is 1.05 bits per heavy atom. The average molecular weight is 313 g/mol. The molecular weight excluding hydrogens is 302 g/mol. The molecule has 0 bridgehead atoms. The number of hydrogen-bond donors (Lipinski definition) is 0. The van der Waals surface area contributed by atoms with E-state index in [4.69, 9.17) is 0 Å². The van der Waals surface area contributed by atoms with Gasteiger partial charge in [0.2, 0.25) is 0 Å². The van der Waals surface area contributed by atoms with Crippen LogP contribution in [0.15, 0.2) is 70.0 Å². The van der Waals surface area contributed by atoms with Gasteiger partial charge in [0.05, 0.1) is 22.7 Å². The van der Waals surface area contributed by atoms with Gasteiger partial charge in [0.15, 0.2) is 0 Å². The van der Waals surface area contributed by atoms with E-state index in [1.54, 1.807) is 42.6 Å². The van der Waals surface area contributed by atoms with Gasteiger partial charge in [0.1, 0.15) is 0 Å². The van der Waals surface area contributed by atoms with Crippen molar-refractivity contribution in [3.63, 3.8) is 0 Å². The molecule has 0 amide bonds. The van der Waals surface area contributed by atoms with E-state index in [0.717, 1.165) is 9.36 Å². The molecule has 0 unspecified atom stereocenters. The molecule has 0 saturated heterocycles. The molecule has 0 aliphatic carbocycles. The number of aromatic nitrogens is 5. The van der Waals surface area contributed by atoms with E-state index in [2.05, 4.69) is 15.4 Å². The molecule has 8 heteroatoms. The third-order valence-electron chi connectivity index (χ3n) is 2.79. The number of rotatable bonds is 4. The maximum absolute atomic E-state index is 12.1. The summed E-state index contributed by atoms with van der Waals surface area (Å²) in [5.74, 6) is 0. The Kier molecular flexibility index (Phi) is 4.01. The SMILES string of the molecule is O=c1n(/C=C/[S@@](=O)c2ccccc2)nnn1-c1cccnc1. The van der Waals surface area contributed by atoms with E-state index in [-0.39, 0.29) is 0 Å². The molecule has 0 spiro atoms. The lowest BCUT2D eigenvalue weighted by molar-refractivity contribution is 0.688. The summed E-state index contributed by atoms with van der Waals surface area (Å²) in [5, 5.41) is 8.88. The minimum atomic E-state index is -1.36. The summed E-state index contributed by atoms with van der Waals surface area (Å²) in [4.78, 5) is 16.7. The number of benzene rings is 1. The van der Waals surface area contributed by atoms with Gasteiger partial charge in [-0.25, -0.2) is 9.00 Å². The van der Waals surface area contributed by atoms with Crippen LogP contribution in [0.2, 0.25) is 0 Å². The van der Waals surface area contributed by atoms with Crippen molar-refractivity contribution in [2.45, 2.75) is 4.90 Å². The highest BCUT2D eigenvalue weighted by Gasteiger charge is 2.07. The van der Waals surface area contributed by atoms with E-state index in [1.807, 2.05) is 6.07 Å². The molecule has 110 valence electrons. The van der Waals surface area contributed by atoms with Crippen LogP contribution in [0.25, 0.3) is 11.9 Å². The van der Waals surface area contributed by atoms with Crippen molar-refractivity contribution < 1.29 is 4.21 Å². The van der Waals surface area contributed by atoms with Crippen molar-refractivity contribution in [3.05, 3.63) is 70.8 Å². The highest BCUT2D eigenvalue weighted by molar-refractivity contribution is 7.88. The van der Waals surface area contributed by atoms with Crippen molar-refractivity contribution in [2.24, 2.45) is 0 Å². The largest absolute Gasteiger partial charge is 0.372 e. The molecule has 1 aromatic carbocycles. The van der Waals surface area contributed by atoms with E-state index >= 15 is 0 Å². The second-order valence-electron chi connectivity index (χ2n) is 4.22. The predicted molar refractivity (Wildman–Crippen MR) is 81.6 cm³/mol. The molecule has 2 heterocycles. The van der Waals surface area contributed by atoms with Gasteiger partial charge < -0.3 is 0 Å². The molecule has 22 heavy (non-hydrogen) atoms. The molecule has 0 radical (unpaired) electrons. The monoisotopic (exact) mass is 313 g/mol. The normalized spacial score (nSPS) is 12.5. The van der Waals surface area contributed by atoms with Crippen LogP contribution in [0.1, 0.15) is 0 Å². The predicted octanol–water partition coefficient (Wildman–Crippen LogP) is 1.06. The minimum Gasteiger partial charge on any atom is -0.262 e. The Balaban J connectivity index is 1.86. The van der Waals surface area contributed by atoms with Crippen LogP contribution in [0.5, 0.6) is 0 Å². The molecule has 0 saturated carbocycles. The Bertz CT molecular complexity index is 871. The van der Waals surface area contributed by atoms with Gasteiger partial charge in [-0.3, -0.25) is 4.98 Å². The molecule has 0 fully saturated rings. The van der Waals surface area contributed by atoms with Gasteiger partial charge >= 0.3 is 5.69 Å². The molecule has 3 aromatic rings. The molecule has 7 nitrogen and oxygen atoms in total. The standard InChI is InChI=1S/C14H11N5O2S/c20-14-18(9-10-22(21)13-6-2-1-3-7-13)16-17-19(14)12-5-4-8-15-11-12/h1-11H/b10-9+/t22-/m1/s1. The topological polar surface area (TPSA) is 82.7 Å². The van der Waals surface area contributed by atoms with Gasteiger partial charge in [-0.05, 0) is 34.7 Å². The molecular formula is C14H11N5O2S. The van der Waals surface area contributed by atoms with Crippen LogP contribution in [0.4, 0.5) is 0 Å². The maximum atomic E-state index is 12.1. The lowest BCUT2D eigenvalue weighted by atomic mass is 10.4. The Morgan fingerprint density at radius 3 is 2.59 bits per heavy atom. The first-order chi connectivity index (χ1) is 10.8. The van der Waals surface area contributed by atoms with Crippen LogP contribution in [0, 0.1) is 0 Å². The second-order valence-corrected chi connectivity index (χ2v) is 5.56. The van der Waals surface area contributed by atoms with Crippen molar-refractivity contribution in [1.29, 1.82) is 0 Å². The summed E-state index contributed by atoms with van der Waals surface area (Å²) < 4.78 is 14.2. The number of tetrazole rings is 1. The summed E-state index contributed by atoms with van der Waals surface area (Å²) in [6.45, 7) is 0. The summed E-state index contributed by atoms with van der Waals surface area (Å²) in [6.07, 6.45) is 4.44. The molecule has 0 aliphatic heterocycles. The smallest absolute Gasteiger partial charge is 0.262 e. The zero-order chi connectivity index (χ0) is 15.4. The molecule has 0 aliphatic rings. The van der Waals surface area contributed by atoms with E-state index in [0.29, 0.717) is 10.6 Å². The van der Waals surface area contributed by atoms with Crippen LogP contribution in [-0.4, -0.2) is 29.0 Å². The lowest BCUT2D eigenvalue weighted by Crippen LogP contribution is -2.21. The van der Waals surface area contributed by atoms with Crippen LogP contribution < -0.4 is 5.69 Å². The van der Waals surface area contributed by atoms with Crippen molar-refractivity contribution in [3.8, 4) is 5.69 Å². The number of pyridine rings is 1.